The summed E-state index contributed by atoms with van der Waals surface area (Å²) in [4.78, 5) is 22.8. The highest BCUT2D eigenvalue weighted by Crippen LogP contribution is 2.27. The van der Waals surface area contributed by atoms with E-state index in [1.54, 1.807) is 13.8 Å². The average molecular weight is 302 g/mol. The van der Waals surface area contributed by atoms with Crippen molar-refractivity contribution in [2.45, 2.75) is 69.2 Å². The maximum absolute atomic E-state index is 11.9. The van der Waals surface area contributed by atoms with Crippen LogP contribution in [0.3, 0.4) is 0 Å². The van der Waals surface area contributed by atoms with Crippen LogP contribution in [0.2, 0.25) is 0 Å². The molecule has 0 heterocycles. The molecule has 1 fully saturated rings. The third-order valence-electron chi connectivity index (χ3n) is 3.81. The summed E-state index contributed by atoms with van der Waals surface area (Å²) in [5, 5.41) is 12.0. The number of carbonyl (C=O) groups excluding carboxylic acids is 1. The molecule has 0 aromatic carbocycles. The molecule has 0 aliphatic heterocycles. The lowest BCUT2D eigenvalue weighted by molar-refractivity contribution is -0.139. The lowest BCUT2D eigenvalue weighted by atomic mass is 10.1. The molecule has 1 atom stereocenters. The second-order valence-corrected chi connectivity index (χ2v) is 7.59. The van der Waals surface area contributed by atoms with Crippen LogP contribution in [0.1, 0.15) is 52.4 Å². The van der Waals surface area contributed by atoms with Crippen molar-refractivity contribution in [1.29, 1.82) is 0 Å². The van der Waals surface area contributed by atoms with Crippen molar-refractivity contribution in [3.8, 4) is 0 Å². The first-order chi connectivity index (χ1) is 9.33. The first kappa shape index (κ1) is 17.3. The number of carboxylic acid groups (broad SMARTS) is 1. The Hall–Kier alpha value is -0.750. The van der Waals surface area contributed by atoms with E-state index < -0.39 is 16.8 Å². The molecule has 6 heteroatoms. The van der Waals surface area contributed by atoms with Gasteiger partial charge in [-0.05, 0) is 26.7 Å². The van der Waals surface area contributed by atoms with Crippen LogP contribution in [0.4, 0.5) is 0 Å². The molecule has 0 saturated heterocycles. The van der Waals surface area contributed by atoms with Gasteiger partial charge in [0.15, 0.2) is 0 Å². The van der Waals surface area contributed by atoms with Crippen molar-refractivity contribution in [3.05, 3.63) is 0 Å². The van der Waals surface area contributed by atoms with Gasteiger partial charge in [0.1, 0.15) is 6.04 Å². The van der Waals surface area contributed by atoms with E-state index in [1.807, 2.05) is 0 Å². The average Bonchev–Trinajstić information content (AvgIpc) is 2.64. The molecule has 0 spiro atoms. The fraction of sp³-hybridized carbons (Fsp3) is 0.857. The van der Waals surface area contributed by atoms with Gasteiger partial charge in [-0.15, -0.1) is 11.8 Å². The van der Waals surface area contributed by atoms with Crippen LogP contribution in [-0.2, 0) is 9.59 Å². The Labute approximate surface area is 125 Å². The van der Waals surface area contributed by atoms with Gasteiger partial charge in [0.2, 0.25) is 5.91 Å². The fourth-order valence-electron chi connectivity index (χ4n) is 2.33. The smallest absolute Gasteiger partial charge is 0.321 e. The summed E-state index contributed by atoms with van der Waals surface area (Å²) in [5.74, 6) is -0.802. The first-order valence-electron chi connectivity index (χ1n) is 7.24. The fourth-order valence-corrected chi connectivity index (χ4v) is 3.20. The van der Waals surface area contributed by atoms with Crippen molar-refractivity contribution in [2.24, 2.45) is 5.73 Å². The first-order valence-corrected chi connectivity index (χ1v) is 8.23. The largest absolute Gasteiger partial charge is 0.480 e. The number of hydrogen-bond donors (Lipinski definition) is 3. The highest BCUT2D eigenvalue weighted by atomic mass is 32.2. The molecule has 5 nitrogen and oxygen atoms in total. The lowest BCUT2D eigenvalue weighted by Gasteiger charge is -2.28. The Bertz CT molecular complexity index is 339. The Morgan fingerprint density at radius 1 is 1.30 bits per heavy atom. The van der Waals surface area contributed by atoms with Gasteiger partial charge >= 0.3 is 5.97 Å². The SMILES string of the molecule is CC(C)(SCC(=O)NC1CCCCCC1)[C@H](N)C(=O)O. The molecule has 0 bridgehead atoms. The van der Waals surface area contributed by atoms with Crippen molar-refractivity contribution >= 4 is 23.6 Å². The van der Waals surface area contributed by atoms with E-state index in [9.17, 15) is 9.59 Å². The van der Waals surface area contributed by atoms with Crippen LogP contribution >= 0.6 is 11.8 Å². The summed E-state index contributed by atoms with van der Waals surface area (Å²) >= 11 is 1.30. The minimum absolute atomic E-state index is 0.0208. The van der Waals surface area contributed by atoms with Crippen LogP contribution in [0.5, 0.6) is 0 Å². The molecule has 20 heavy (non-hydrogen) atoms. The van der Waals surface area contributed by atoms with Crippen LogP contribution in [-0.4, -0.2) is 39.6 Å². The highest BCUT2D eigenvalue weighted by Gasteiger charge is 2.33. The van der Waals surface area contributed by atoms with Gasteiger partial charge in [-0.3, -0.25) is 9.59 Å². The van der Waals surface area contributed by atoms with E-state index in [0.717, 1.165) is 12.8 Å². The standard InChI is InChI=1S/C14H26N2O3S/c1-14(2,12(15)13(18)19)20-9-11(17)16-10-7-5-3-4-6-8-10/h10,12H,3-9,15H2,1-2H3,(H,16,17)(H,18,19)/t12-/m1/s1. The van der Waals surface area contributed by atoms with Gasteiger partial charge in [0, 0.05) is 10.8 Å². The summed E-state index contributed by atoms with van der Waals surface area (Å²) < 4.78 is -0.660. The Morgan fingerprint density at radius 2 is 1.85 bits per heavy atom. The number of thioether (sulfide) groups is 1. The number of carbonyl (C=O) groups is 2. The molecule has 0 aromatic rings. The van der Waals surface area contributed by atoms with Gasteiger partial charge < -0.3 is 16.2 Å². The van der Waals surface area contributed by atoms with Crippen molar-refractivity contribution < 1.29 is 14.7 Å². The van der Waals surface area contributed by atoms with Crippen LogP contribution in [0, 0.1) is 0 Å². The molecule has 1 aliphatic rings. The number of nitrogens with two attached hydrogens (primary N) is 1. The Morgan fingerprint density at radius 3 is 2.35 bits per heavy atom. The predicted molar refractivity (Wildman–Crippen MR) is 81.8 cm³/mol. The summed E-state index contributed by atoms with van der Waals surface area (Å²) in [6.07, 6.45) is 6.95. The van der Waals surface area contributed by atoms with Crippen molar-refractivity contribution in [1.82, 2.24) is 5.32 Å². The maximum atomic E-state index is 11.9. The molecule has 1 saturated carbocycles. The number of nitrogens with one attached hydrogen (secondary N) is 1. The number of hydrogen-bond acceptors (Lipinski definition) is 4. The van der Waals surface area contributed by atoms with Crippen LogP contribution in [0.25, 0.3) is 0 Å². The lowest BCUT2D eigenvalue weighted by Crippen LogP contribution is -2.47. The van der Waals surface area contributed by atoms with E-state index in [0.29, 0.717) is 0 Å². The molecule has 0 unspecified atom stereocenters. The zero-order chi connectivity index (χ0) is 15.2. The second-order valence-electron chi connectivity index (χ2n) is 5.96. The number of amides is 1. The van der Waals surface area contributed by atoms with Crippen LogP contribution < -0.4 is 11.1 Å². The minimum atomic E-state index is -1.04. The monoisotopic (exact) mass is 302 g/mol. The molecular formula is C14H26N2O3S. The maximum Gasteiger partial charge on any atom is 0.321 e. The summed E-state index contributed by atoms with van der Waals surface area (Å²) in [6, 6.07) is -0.694. The van der Waals surface area contributed by atoms with E-state index in [-0.39, 0.29) is 17.7 Å². The van der Waals surface area contributed by atoms with Gasteiger partial charge in [0.25, 0.3) is 0 Å². The second kappa shape index (κ2) is 7.88. The molecule has 4 N–H and O–H groups in total. The van der Waals surface area contributed by atoms with Gasteiger partial charge in [0.05, 0.1) is 5.75 Å². The molecule has 0 radical (unpaired) electrons. The van der Waals surface area contributed by atoms with Crippen LogP contribution in [0.15, 0.2) is 0 Å². The van der Waals surface area contributed by atoms with Crippen molar-refractivity contribution in [2.75, 3.05) is 5.75 Å². The van der Waals surface area contributed by atoms with E-state index in [1.165, 1.54) is 37.4 Å². The quantitative estimate of drug-likeness (QED) is 0.650. The van der Waals surface area contributed by atoms with E-state index >= 15 is 0 Å². The molecule has 1 aliphatic carbocycles. The number of aliphatic carboxylic acids is 1. The van der Waals surface area contributed by atoms with E-state index in [2.05, 4.69) is 5.32 Å². The molecule has 1 amide bonds. The Balaban J connectivity index is 2.36. The summed E-state index contributed by atoms with van der Waals surface area (Å²) in [5.41, 5.74) is 5.63. The number of carboxylic acids is 1. The third-order valence-corrected chi connectivity index (χ3v) is 5.22. The summed E-state index contributed by atoms with van der Waals surface area (Å²) in [7, 11) is 0. The molecular weight excluding hydrogens is 276 g/mol. The van der Waals surface area contributed by atoms with Gasteiger partial charge in [-0.1, -0.05) is 25.7 Å². The van der Waals surface area contributed by atoms with E-state index in [4.69, 9.17) is 10.8 Å². The molecule has 116 valence electrons. The van der Waals surface area contributed by atoms with Gasteiger partial charge in [-0.2, -0.15) is 0 Å². The summed E-state index contributed by atoms with van der Waals surface area (Å²) in [6.45, 7) is 3.52. The van der Waals surface area contributed by atoms with Gasteiger partial charge in [-0.25, -0.2) is 0 Å². The predicted octanol–water partition coefficient (Wildman–Crippen LogP) is 1.75. The third kappa shape index (κ3) is 5.71. The molecule has 0 aromatic heterocycles. The molecule has 1 rings (SSSR count). The van der Waals surface area contributed by atoms with Crippen molar-refractivity contribution in [3.63, 3.8) is 0 Å². The zero-order valence-electron chi connectivity index (χ0n) is 12.4. The minimum Gasteiger partial charge on any atom is -0.480 e. The zero-order valence-corrected chi connectivity index (χ0v) is 13.2. The highest BCUT2D eigenvalue weighted by molar-refractivity contribution is 8.01. The topological polar surface area (TPSA) is 92.4 Å². The number of rotatable bonds is 6. The Kier molecular flexibility index (Phi) is 6.82. The normalized spacial score (nSPS) is 19.1.